The number of aromatic nitrogens is 1. The molecule has 0 aliphatic rings. The maximum atomic E-state index is 5.93. The summed E-state index contributed by atoms with van der Waals surface area (Å²) in [6, 6.07) is 16.1. The minimum atomic E-state index is 0.778. The maximum absolute atomic E-state index is 5.93. The Morgan fingerprint density at radius 3 is 2.42 bits per heavy atom. The van der Waals surface area contributed by atoms with Gasteiger partial charge in [-0.3, -0.25) is 0 Å². The monoisotopic (exact) mass is 359 g/mol. The van der Waals surface area contributed by atoms with Crippen LogP contribution in [0, 0.1) is 0 Å². The lowest BCUT2D eigenvalue weighted by Crippen LogP contribution is -3.06. The first kappa shape index (κ1) is 17.0. The smallest absolute Gasteiger partial charge is 0.123 e. The lowest BCUT2D eigenvalue weighted by atomic mass is 10.2. The first-order valence-electron chi connectivity index (χ1n) is 7.78. The van der Waals surface area contributed by atoms with Crippen molar-refractivity contribution in [3.8, 4) is 16.3 Å². The summed E-state index contributed by atoms with van der Waals surface area (Å²) in [5.74, 6) is 0.864. The first-order chi connectivity index (χ1) is 11.6. The zero-order valence-corrected chi connectivity index (χ0v) is 15.3. The van der Waals surface area contributed by atoms with Crippen molar-refractivity contribution in [1.82, 2.24) is 4.98 Å². The van der Waals surface area contributed by atoms with Crippen LogP contribution in [0.2, 0.25) is 5.02 Å². The van der Waals surface area contributed by atoms with E-state index in [4.69, 9.17) is 21.3 Å². The molecule has 0 saturated heterocycles. The molecule has 0 fully saturated rings. The summed E-state index contributed by atoms with van der Waals surface area (Å²) < 4.78 is 5.20. The highest BCUT2D eigenvalue weighted by Crippen LogP contribution is 2.25. The Labute approximate surface area is 151 Å². The third kappa shape index (κ3) is 4.35. The van der Waals surface area contributed by atoms with Crippen molar-refractivity contribution in [2.75, 3.05) is 14.2 Å². The number of hydrogen-bond donors (Lipinski definition) is 1. The minimum absolute atomic E-state index is 0.778. The van der Waals surface area contributed by atoms with Gasteiger partial charge in [-0.05, 0) is 36.4 Å². The average molecular weight is 360 g/mol. The van der Waals surface area contributed by atoms with Crippen molar-refractivity contribution >= 4 is 22.9 Å². The van der Waals surface area contributed by atoms with Gasteiger partial charge in [-0.1, -0.05) is 23.7 Å². The highest BCUT2D eigenvalue weighted by molar-refractivity contribution is 7.13. The molecule has 3 nitrogen and oxygen atoms in total. The van der Waals surface area contributed by atoms with Crippen LogP contribution in [0.25, 0.3) is 10.6 Å². The van der Waals surface area contributed by atoms with E-state index >= 15 is 0 Å². The van der Waals surface area contributed by atoms with Gasteiger partial charge < -0.3 is 9.64 Å². The minimum Gasteiger partial charge on any atom is -0.497 e. The van der Waals surface area contributed by atoms with Gasteiger partial charge in [0.15, 0.2) is 0 Å². The van der Waals surface area contributed by atoms with Crippen molar-refractivity contribution in [3.63, 3.8) is 0 Å². The van der Waals surface area contributed by atoms with Crippen LogP contribution in [-0.4, -0.2) is 19.1 Å². The Morgan fingerprint density at radius 2 is 1.75 bits per heavy atom. The van der Waals surface area contributed by atoms with E-state index in [-0.39, 0.29) is 0 Å². The van der Waals surface area contributed by atoms with Crippen LogP contribution in [0.1, 0.15) is 11.3 Å². The zero-order valence-electron chi connectivity index (χ0n) is 13.8. The lowest BCUT2D eigenvalue weighted by molar-refractivity contribution is -0.908. The summed E-state index contributed by atoms with van der Waals surface area (Å²) in [6.07, 6.45) is 0. The molecule has 3 rings (SSSR count). The Balaban J connectivity index is 1.63. The van der Waals surface area contributed by atoms with Crippen LogP contribution in [0.15, 0.2) is 53.9 Å². The maximum Gasteiger partial charge on any atom is 0.123 e. The lowest BCUT2D eigenvalue weighted by Gasteiger charge is -2.12. The fourth-order valence-electron chi connectivity index (χ4n) is 2.58. The number of thiazole rings is 1. The molecule has 24 heavy (non-hydrogen) atoms. The molecule has 0 spiro atoms. The predicted molar refractivity (Wildman–Crippen MR) is 99.8 cm³/mol. The van der Waals surface area contributed by atoms with Crippen LogP contribution in [-0.2, 0) is 13.1 Å². The van der Waals surface area contributed by atoms with Gasteiger partial charge in [0, 0.05) is 21.5 Å². The highest BCUT2D eigenvalue weighted by Gasteiger charge is 2.10. The summed E-state index contributed by atoms with van der Waals surface area (Å²) in [7, 11) is 3.86. The van der Waals surface area contributed by atoms with Crippen molar-refractivity contribution in [2.24, 2.45) is 0 Å². The first-order valence-corrected chi connectivity index (χ1v) is 9.04. The number of nitrogens with one attached hydrogen (secondary N) is 1. The number of benzene rings is 2. The molecule has 0 radical (unpaired) electrons. The quantitative estimate of drug-likeness (QED) is 0.726. The Hall–Kier alpha value is -1.88. The number of ether oxygens (including phenoxy) is 1. The zero-order chi connectivity index (χ0) is 16.9. The van der Waals surface area contributed by atoms with E-state index in [0.717, 1.165) is 40.1 Å². The summed E-state index contributed by atoms with van der Waals surface area (Å²) in [6.45, 7) is 1.85. The van der Waals surface area contributed by atoms with E-state index in [1.807, 2.05) is 36.4 Å². The molecule has 0 amide bonds. The molecule has 0 saturated carbocycles. The van der Waals surface area contributed by atoms with Gasteiger partial charge in [0.25, 0.3) is 0 Å². The van der Waals surface area contributed by atoms with Gasteiger partial charge in [0.2, 0.25) is 0 Å². The summed E-state index contributed by atoms with van der Waals surface area (Å²) in [5.41, 5.74) is 3.53. The van der Waals surface area contributed by atoms with Crippen LogP contribution in [0.4, 0.5) is 0 Å². The third-order valence-corrected chi connectivity index (χ3v) is 4.98. The summed E-state index contributed by atoms with van der Waals surface area (Å²) >= 11 is 7.62. The molecule has 1 heterocycles. The topological polar surface area (TPSA) is 26.6 Å². The molecular weight excluding hydrogens is 340 g/mol. The average Bonchev–Trinajstić information content (AvgIpc) is 3.05. The van der Waals surface area contributed by atoms with Gasteiger partial charge in [-0.15, -0.1) is 11.3 Å². The van der Waals surface area contributed by atoms with Gasteiger partial charge in [0.05, 0.1) is 14.2 Å². The molecule has 0 aliphatic heterocycles. The number of methoxy groups -OCH3 is 1. The van der Waals surface area contributed by atoms with Crippen molar-refractivity contribution < 1.29 is 9.64 Å². The predicted octanol–water partition coefficient (Wildman–Crippen LogP) is 3.69. The Bertz CT molecular complexity index is 784. The number of quaternary nitrogens is 1. The second kappa shape index (κ2) is 7.79. The van der Waals surface area contributed by atoms with E-state index in [1.54, 1.807) is 18.4 Å². The van der Waals surface area contributed by atoms with Crippen LogP contribution >= 0.6 is 22.9 Å². The molecule has 0 aliphatic carbocycles. The van der Waals surface area contributed by atoms with Crippen molar-refractivity contribution in [2.45, 2.75) is 13.1 Å². The summed E-state index contributed by atoms with van der Waals surface area (Å²) in [4.78, 5) is 6.16. The molecule has 1 N–H and O–H groups in total. The standard InChI is InChI=1S/C19H19ClN2OS/c1-22(11-14-3-7-16(20)8-4-14)12-17-13-24-19(21-17)15-5-9-18(23-2)10-6-15/h3-10,13H,11-12H2,1-2H3/p+1. The van der Waals surface area contributed by atoms with E-state index < -0.39 is 0 Å². The normalized spacial score (nSPS) is 12.1. The largest absolute Gasteiger partial charge is 0.497 e. The second-order valence-electron chi connectivity index (χ2n) is 5.81. The molecule has 124 valence electrons. The molecule has 1 unspecified atom stereocenters. The third-order valence-electron chi connectivity index (χ3n) is 3.79. The number of hydrogen-bond acceptors (Lipinski definition) is 3. The molecule has 3 aromatic rings. The van der Waals surface area contributed by atoms with Crippen LogP contribution < -0.4 is 9.64 Å². The molecule has 2 aromatic carbocycles. The van der Waals surface area contributed by atoms with Crippen molar-refractivity contribution in [3.05, 3.63) is 70.2 Å². The van der Waals surface area contributed by atoms with E-state index in [1.165, 1.54) is 10.5 Å². The molecule has 0 bridgehead atoms. The fourth-order valence-corrected chi connectivity index (χ4v) is 3.53. The van der Waals surface area contributed by atoms with Gasteiger partial charge in [-0.2, -0.15) is 0 Å². The number of nitrogens with zero attached hydrogens (tertiary/aromatic N) is 1. The van der Waals surface area contributed by atoms with Crippen LogP contribution in [0.5, 0.6) is 5.75 Å². The van der Waals surface area contributed by atoms with E-state index in [0.29, 0.717) is 0 Å². The molecule has 1 aromatic heterocycles. The molecular formula is C19H20ClN2OS+. The SMILES string of the molecule is COc1ccc(-c2nc(C[NH+](C)Cc3ccc(Cl)cc3)cs2)cc1. The van der Waals surface area contributed by atoms with Gasteiger partial charge in [-0.25, -0.2) is 4.98 Å². The Morgan fingerprint density at radius 1 is 1.04 bits per heavy atom. The van der Waals surface area contributed by atoms with Crippen molar-refractivity contribution in [1.29, 1.82) is 0 Å². The second-order valence-corrected chi connectivity index (χ2v) is 7.10. The van der Waals surface area contributed by atoms with Crippen LogP contribution in [0.3, 0.4) is 0 Å². The summed E-state index contributed by atoms with van der Waals surface area (Å²) in [5, 5.41) is 3.97. The Kier molecular flexibility index (Phi) is 5.51. The van der Waals surface area contributed by atoms with E-state index in [2.05, 4.69) is 24.6 Å². The number of rotatable bonds is 6. The fraction of sp³-hybridized carbons (Fsp3) is 0.211. The van der Waals surface area contributed by atoms with Gasteiger partial charge in [0.1, 0.15) is 29.5 Å². The highest BCUT2D eigenvalue weighted by atomic mass is 35.5. The van der Waals surface area contributed by atoms with Gasteiger partial charge >= 0.3 is 0 Å². The molecule has 1 atom stereocenters. The number of halogens is 1. The van der Waals surface area contributed by atoms with E-state index in [9.17, 15) is 0 Å². The molecule has 5 heteroatoms.